The first-order valence-electron chi connectivity index (χ1n) is 5.22. The van der Waals surface area contributed by atoms with E-state index in [1.54, 1.807) is 0 Å². The van der Waals surface area contributed by atoms with Crippen molar-refractivity contribution in [2.75, 3.05) is 18.5 Å². The molecule has 0 atom stereocenters. The predicted molar refractivity (Wildman–Crippen MR) is 78.1 cm³/mol. The second-order valence-electron chi connectivity index (χ2n) is 4.30. The number of nitrogens with two attached hydrogens (primary N) is 1. The summed E-state index contributed by atoms with van der Waals surface area (Å²) in [5.41, 5.74) is 7.66. The van der Waals surface area contributed by atoms with Crippen LogP contribution in [0.25, 0.3) is 0 Å². The highest BCUT2D eigenvalue weighted by Gasteiger charge is 2.07. The van der Waals surface area contributed by atoms with Gasteiger partial charge in [0.2, 0.25) is 0 Å². The topological polar surface area (TPSA) is 29.3 Å². The maximum Gasteiger partial charge on any atom is 0.105 e. The van der Waals surface area contributed by atoms with Gasteiger partial charge in [-0.1, -0.05) is 26.1 Å². The normalized spacial score (nSPS) is 10.6. The Morgan fingerprint density at radius 3 is 2.56 bits per heavy atom. The molecule has 0 spiro atoms. The van der Waals surface area contributed by atoms with Crippen LogP contribution < -0.4 is 10.6 Å². The smallest absolute Gasteiger partial charge is 0.105 e. The molecule has 2 N–H and O–H groups in total. The van der Waals surface area contributed by atoms with Crippen molar-refractivity contribution >= 4 is 38.8 Å². The summed E-state index contributed by atoms with van der Waals surface area (Å²) in [7, 11) is 2.09. The molecule has 0 aliphatic rings. The first-order valence-corrected chi connectivity index (χ1v) is 6.42. The van der Waals surface area contributed by atoms with Crippen molar-refractivity contribution in [1.82, 2.24) is 0 Å². The van der Waals surface area contributed by atoms with E-state index in [4.69, 9.17) is 18.0 Å². The monoisotopic (exact) mass is 300 g/mol. The van der Waals surface area contributed by atoms with Gasteiger partial charge < -0.3 is 10.6 Å². The van der Waals surface area contributed by atoms with Gasteiger partial charge in [-0.15, -0.1) is 0 Å². The maximum atomic E-state index is 5.61. The van der Waals surface area contributed by atoms with Crippen molar-refractivity contribution < 1.29 is 0 Å². The third kappa shape index (κ3) is 3.46. The summed E-state index contributed by atoms with van der Waals surface area (Å²) >= 11 is 8.45. The highest BCUT2D eigenvalue weighted by atomic mass is 79.9. The quantitative estimate of drug-likeness (QED) is 0.866. The molecule has 0 saturated carbocycles. The fourth-order valence-corrected chi connectivity index (χ4v) is 2.48. The fraction of sp³-hybridized carbons (Fsp3) is 0.417. The Morgan fingerprint density at radius 1 is 1.50 bits per heavy atom. The van der Waals surface area contributed by atoms with Gasteiger partial charge in [0.25, 0.3) is 0 Å². The Bertz CT molecular complexity index is 391. The largest absolute Gasteiger partial charge is 0.389 e. The van der Waals surface area contributed by atoms with E-state index >= 15 is 0 Å². The van der Waals surface area contributed by atoms with Gasteiger partial charge in [-0.25, -0.2) is 0 Å². The highest BCUT2D eigenvalue weighted by molar-refractivity contribution is 9.10. The van der Waals surface area contributed by atoms with E-state index in [2.05, 4.69) is 47.8 Å². The van der Waals surface area contributed by atoms with E-state index in [-0.39, 0.29) is 0 Å². The van der Waals surface area contributed by atoms with Crippen LogP contribution in [0.2, 0.25) is 0 Å². The van der Waals surface area contributed by atoms with Crippen LogP contribution in [0.5, 0.6) is 0 Å². The molecule has 0 aliphatic carbocycles. The zero-order valence-electron chi connectivity index (χ0n) is 9.83. The molecule has 88 valence electrons. The first kappa shape index (κ1) is 13.5. The van der Waals surface area contributed by atoms with E-state index in [0.29, 0.717) is 10.9 Å². The van der Waals surface area contributed by atoms with Gasteiger partial charge in [-0.3, -0.25) is 0 Å². The second-order valence-corrected chi connectivity index (χ2v) is 5.60. The van der Waals surface area contributed by atoms with Gasteiger partial charge in [0, 0.05) is 29.3 Å². The minimum Gasteiger partial charge on any atom is -0.389 e. The minimum atomic E-state index is 0.421. The van der Waals surface area contributed by atoms with Crippen LogP contribution in [0.4, 0.5) is 5.69 Å². The molecule has 0 saturated heterocycles. The van der Waals surface area contributed by atoms with Crippen molar-refractivity contribution in [3.05, 3.63) is 28.2 Å². The lowest BCUT2D eigenvalue weighted by Crippen LogP contribution is -2.22. The number of hydrogen-bond donors (Lipinski definition) is 1. The van der Waals surface area contributed by atoms with Crippen molar-refractivity contribution in [3.8, 4) is 0 Å². The van der Waals surface area contributed by atoms with Gasteiger partial charge in [0.1, 0.15) is 4.99 Å². The number of anilines is 1. The summed E-state index contributed by atoms with van der Waals surface area (Å²) in [5.74, 6) is 0.638. The number of rotatable bonds is 4. The van der Waals surface area contributed by atoms with Crippen LogP contribution in [-0.2, 0) is 0 Å². The molecule has 0 aromatic heterocycles. The second kappa shape index (κ2) is 5.64. The van der Waals surface area contributed by atoms with Crippen molar-refractivity contribution in [1.29, 1.82) is 0 Å². The van der Waals surface area contributed by atoms with Gasteiger partial charge in [-0.2, -0.15) is 0 Å². The molecule has 0 bridgehead atoms. The Balaban J connectivity index is 2.92. The predicted octanol–water partition coefficient (Wildman–Crippen LogP) is 3.18. The van der Waals surface area contributed by atoms with E-state index in [1.165, 1.54) is 5.69 Å². The number of hydrogen-bond acceptors (Lipinski definition) is 2. The molecule has 1 rings (SSSR count). The van der Waals surface area contributed by atoms with Crippen LogP contribution in [0.1, 0.15) is 19.4 Å². The summed E-state index contributed by atoms with van der Waals surface area (Å²) in [6, 6.07) is 6.05. The van der Waals surface area contributed by atoms with E-state index in [1.807, 2.05) is 12.1 Å². The average molecular weight is 301 g/mol. The molecule has 0 amide bonds. The number of benzene rings is 1. The fourth-order valence-electron chi connectivity index (χ4n) is 1.59. The Labute approximate surface area is 111 Å². The van der Waals surface area contributed by atoms with E-state index in [0.717, 1.165) is 16.6 Å². The average Bonchev–Trinajstić information content (AvgIpc) is 2.15. The number of nitrogens with zero attached hydrogens (tertiary/aromatic N) is 1. The van der Waals surface area contributed by atoms with Crippen LogP contribution in [-0.4, -0.2) is 18.6 Å². The van der Waals surface area contributed by atoms with Crippen molar-refractivity contribution in [2.45, 2.75) is 13.8 Å². The van der Waals surface area contributed by atoms with Gasteiger partial charge in [0.15, 0.2) is 0 Å². The molecule has 1 aromatic rings. The molecular formula is C12H17BrN2S. The van der Waals surface area contributed by atoms with Crippen LogP contribution >= 0.6 is 28.1 Å². The number of thiocarbonyl (C=S) groups is 1. The molecule has 0 unspecified atom stereocenters. The molecule has 16 heavy (non-hydrogen) atoms. The van der Waals surface area contributed by atoms with E-state index < -0.39 is 0 Å². The molecule has 0 aliphatic heterocycles. The van der Waals surface area contributed by atoms with Crippen LogP contribution in [0.3, 0.4) is 0 Å². The van der Waals surface area contributed by atoms with Gasteiger partial charge >= 0.3 is 0 Å². The standard InChI is InChI=1S/C12H17BrN2S/c1-8(2)7-15(3)9-4-5-10(12(14)16)11(13)6-9/h4-6,8H,7H2,1-3H3,(H2,14,16). The maximum absolute atomic E-state index is 5.61. The molecule has 1 aromatic carbocycles. The lowest BCUT2D eigenvalue weighted by Gasteiger charge is -2.22. The lowest BCUT2D eigenvalue weighted by atomic mass is 10.1. The minimum absolute atomic E-state index is 0.421. The molecule has 0 fully saturated rings. The highest BCUT2D eigenvalue weighted by Crippen LogP contribution is 2.24. The molecular weight excluding hydrogens is 284 g/mol. The summed E-state index contributed by atoms with van der Waals surface area (Å²) in [6.45, 7) is 5.43. The van der Waals surface area contributed by atoms with Crippen molar-refractivity contribution in [3.63, 3.8) is 0 Å². The molecule has 2 nitrogen and oxygen atoms in total. The van der Waals surface area contributed by atoms with Crippen LogP contribution in [0.15, 0.2) is 22.7 Å². The zero-order chi connectivity index (χ0) is 12.3. The summed E-state index contributed by atoms with van der Waals surface area (Å²) in [5, 5.41) is 0. The molecule has 0 heterocycles. The SMILES string of the molecule is CC(C)CN(C)c1ccc(C(N)=S)c(Br)c1. The Morgan fingerprint density at radius 2 is 2.12 bits per heavy atom. The molecule has 4 heteroatoms. The van der Waals surface area contributed by atoms with Crippen molar-refractivity contribution in [2.24, 2.45) is 11.7 Å². The Kier molecular flexibility index (Phi) is 4.74. The lowest BCUT2D eigenvalue weighted by molar-refractivity contribution is 0.638. The summed E-state index contributed by atoms with van der Waals surface area (Å²) < 4.78 is 0.952. The summed E-state index contributed by atoms with van der Waals surface area (Å²) in [6.07, 6.45) is 0. The Hall–Kier alpha value is -0.610. The third-order valence-electron chi connectivity index (χ3n) is 2.30. The summed E-state index contributed by atoms with van der Waals surface area (Å²) in [4.78, 5) is 2.64. The van der Waals surface area contributed by atoms with E-state index in [9.17, 15) is 0 Å². The third-order valence-corrected chi connectivity index (χ3v) is 3.17. The first-order chi connectivity index (χ1) is 7.41. The van der Waals surface area contributed by atoms with Gasteiger partial charge in [0.05, 0.1) is 0 Å². The molecule has 0 radical (unpaired) electrons. The van der Waals surface area contributed by atoms with Gasteiger partial charge in [-0.05, 0) is 40.0 Å². The van der Waals surface area contributed by atoms with Crippen LogP contribution in [0, 0.1) is 5.92 Å². The number of halogens is 1. The zero-order valence-corrected chi connectivity index (χ0v) is 12.2.